The van der Waals surface area contributed by atoms with Crippen molar-refractivity contribution in [1.82, 2.24) is 0 Å². The lowest BCUT2D eigenvalue weighted by molar-refractivity contribution is -0.112. The average molecular weight is 208 g/mol. The Morgan fingerprint density at radius 3 is 2.50 bits per heavy atom. The summed E-state index contributed by atoms with van der Waals surface area (Å²) < 4.78 is 0. The summed E-state index contributed by atoms with van der Waals surface area (Å²) in [4.78, 5) is 11.3. The number of carbonyl (C=O) groups is 1. The molecule has 1 rings (SSSR count). The van der Waals surface area contributed by atoms with Crippen LogP contribution in [0.15, 0.2) is 18.2 Å². The molecule has 0 aliphatic carbocycles. The minimum Gasteiger partial charge on any atom is -0.287 e. The summed E-state index contributed by atoms with van der Waals surface area (Å²) in [6.45, 7) is 6.11. The third kappa shape index (κ3) is 2.38. The van der Waals surface area contributed by atoms with Gasteiger partial charge in [-0.15, -0.1) is 12.6 Å². The first kappa shape index (κ1) is 11.3. The van der Waals surface area contributed by atoms with Gasteiger partial charge in [0.15, 0.2) is 5.12 Å². The third-order valence-corrected chi connectivity index (χ3v) is 2.82. The van der Waals surface area contributed by atoms with E-state index in [-0.39, 0.29) is 11.0 Å². The van der Waals surface area contributed by atoms with E-state index >= 15 is 0 Å². The Kier molecular flexibility index (Phi) is 3.76. The van der Waals surface area contributed by atoms with E-state index in [0.717, 1.165) is 12.0 Å². The van der Waals surface area contributed by atoms with Crippen molar-refractivity contribution in [2.24, 2.45) is 0 Å². The summed E-state index contributed by atoms with van der Waals surface area (Å²) in [5.41, 5.74) is 3.52. The highest BCUT2D eigenvalue weighted by Gasteiger charge is 2.16. The number of hydrogen-bond donors (Lipinski definition) is 1. The number of benzene rings is 1. The Balaban J connectivity index is 3.10. The maximum atomic E-state index is 11.3. The lowest BCUT2D eigenvalue weighted by atomic mass is 9.92. The van der Waals surface area contributed by atoms with E-state index in [0.29, 0.717) is 0 Å². The molecule has 0 aliphatic rings. The van der Waals surface area contributed by atoms with Gasteiger partial charge in [0.1, 0.15) is 0 Å². The highest BCUT2D eigenvalue weighted by atomic mass is 32.1. The van der Waals surface area contributed by atoms with Crippen molar-refractivity contribution < 1.29 is 4.79 Å². The summed E-state index contributed by atoms with van der Waals surface area (Å²) in [7, 11) is 0. The first-order chi connectivity index (χ1) is 6.56. The van der Waals surface area contributed by atoms with Crippen LogP contribution in [0.2, 0.25) is 0 Å². The van der Waals surface area contributed by atoms with Gasteiger partial charge in [-0.3, -0.25) is 4.79 Å². The molecule has 0 heterocycles. The molecule has 1 atom stereocenters. The van der Waals surface area contributed by atoms with Crippen LogP contribution in [0.3, 0.4) is 0 Å². The van der Waals surface area contributed by atoms with E-state index in [1.54, 1.807) is 0 Å². The fourth-order valence-electron chi connectivity index (χ4n) is 1.74. The molecule has 14 heavy (non-hydrogen) atoms. The monoisotopic (exact) mass is 208 g/mol. The second-order valence-corrected chi connectivity index (χ2v) is 4.10. The van der Waals surface area contributed by atoms with Crippen molar-refractivity contribution in [3.8, 4) is 0 Å². The average Bonchev–Trinajstić information content (AvgIpc) is 2.09. The second kappa shape index (κ2) is 4.65. The number of hydrogen-bond acceptors (Lipinski definition) is 1. The van der Waals surface area contributed by atoms with E-state index in [4.69, 9.17) is 0 Å². The van der Waals surface area contributed by atoms with Gasteiger partial charge in [-0.2, -0.15) is 0 Å². The molecule has 2 heteroatoms. The number of rotatable bonds is 3. The highest BCUT2D eigenvalue weighted by Crippen LogP contribution is 2.25. The number of aryl methyl sites for hydroxylation is 2. The van der Waals surface area contributed by atoms with Crippen LogP contribution in [-0.2, 0) is 4.79 Å². The molecule has 1 nitrogen and oxygen atoms in total. The minimum atomic E-state index is -0.0565. The maximum absolute atomic E-state index is 11.3. The van der Waals surface area contributed by atoms with Crippen molar-refractivity contribution in [3.63, 3.8) is 0 Å². The van der Waals surface area contributed by atoms with E-state index in [1.165, 1.54) is 11.1 Å². The first-order valence-electron chi connectivity index (χ1n) is 4.86. The van der Waals surface area contributed by atoms with E-state index in [2.05, 4.69) is 25.6 Å². The lowest BCUT2D eigenvalue weighted by Crippen LogP contribution is -2.07. The van der Waals surface area contributed by atoms with Gasteiger partial charge in [-0.05, 0) is 31.4 Å². The van der Waals surface area contributed by atoms with Gasteiger partial charge in [0.25, 0.3) is 0 Å². The number of carbonyl (C=O) groups excluding carboxylic acids is 1. The molecule has 1 unspecified atom stereocenters. The van der Waals surface area contributed by atoms with Crippen LogP contribution in [-0.4, -0.2) is 5.12 Å². The molecule has 0 spiro atoms. The molecular weight excluding hydrogens is 192 g/mol. The van der Waals surface area contributed by atoms with Gasteiger partial charge < -0.3 is 0 Å². The largest absolute Gasteiger partial charge is 0.287 e. The normalized spacial score (nSPS) is 12.6. The maximum Gasteiger partial charge on any atom is 0.193 e. The molecule has 0 aromatic heterocycles. The van der Waals surface area contributed by atoms with Crippen molar-refractivity contribution in [1.29, 1.82) is 0 Å². The zero-order chi connectivity index (χ0) is 10.7. The van der Waals surface area contributed by atoms with Crippen LogP contribution in [0.5, 0.6) is 0 Å². The zero-order valence-electron chi connectivity index (χ0n) is 8.87. The van der Waals surface area contributed by atoms with Gasteiger partial charge in [0.2, 0.25) is 0 Å². The lowest BCUT2D eigenvalue weighted by Gasteiger charge is -2.14. The third-order valence-electron chi connectivity index (χ3n) is 2.51. The van der Waals surface area contributed by atoms with Crippen molar-refractivity contribution >= 4 is 17.7 Å². The summed E-state index contributed by atoms with van der Waals surface area (Å²) in [6, 6.07) is 6.18. The van der Waals surface area contributed by atoms with Crippen LogP contribution >= 0.6 is 12.6 Å². The molecule has 0 saturated carbocycles. The fraction of sp³-hybridized carbons (Fsp3) is 0.417. The van der Waals surface area contributed by atoms with E-state index in [1.807, 2.05) is 26.0 Å². The molecule has 1 aromatic carbocycles. The topological polar surface area (TPSA) is 17.1 Å². The summed E-state index contributed by atoms with van der Waals surface area (Å²) in [6.07, 6.45) is 0.812. The zero-order valence-corrected chi connectivity index (χ0v) is 9.77. The number of thiol groups is 1. The summed E-state index contributed by atoms with van der Waals surface area (Å²) >= 11 is 3.92. The van der Waals surface area contributed by atoms with E-state index < -0.39 is 0 Å². The van der Waals surface area contributed by atoms with Crippen LogP contribution in [0.1, 0.15) is 36.0 Å². The van der Waals surface area contributed by atoms with Gasteiger partial charge in [-0.25, -0.2) is 0 Å². The fourth-order valence-corrected chi connectivity index (χ4v) is 2.07. The quantitative estimate of drug-likeness (QED) is 0.754. The SMILES string of the molecule is CCC(C(=O)S)c1ccc(C)cc1C. The van der Waals surface area contributed by atoms with Crippen LogP contribution in [0, 0.1) is 13.8 Å². The molecule has 0 bridgehead atoms. The Labute approximate surface area is 90.9 Å². The Morgan fingerprint density at radius 2 is 2.07 bits per heavy atom. The van der Waals surface area contributed by atoms with Crippen molar-refractivity contribution in [2.75, 3.05) is 0 Å². The molecule has 0 aliphatic heterocycles. The summed E-state index contributed by atoms with van der Waals surface area (Å²) in [5.74, 6) is -0.0565. The van der Waals surface area contributed by atoms with Gasteiger partial charge >= 0.3 is 0 Å². The highest BCUT2D eigenvalue weighted by molar-refractivity contribution is 7.96. The molecule has 0 saturated heterocycles. The van der Waals surface area contributed by atoms with Gasteiger partial charge in [-0.1, -0.05) is 30.7 Å². The smallest absolute Gasteiger partial charge is 0.193 e. The molecule has 76 valence electrons. The van der Waals surface area contributed by atoms with Crippen LogP contribution in [0.25, 0.3) is 0 Å². The minimum absolute atomic E-state index is 0.0422. The molecule has 0 N–H and O–H groups in total. The van der Waals surface area contributed by atoms with Crippen LogP contribution in [0.4, 0.5) is 0 Å². The Morgan fingerprint density at radius 1 is 1.43 bits per heavy atom. The first-order valence-corrected chi connectivity index (χ1v) is 5.31. The second-order valence-electron chi connectivity index (χ2n) is 3.66. The molecule has 0 fully saturated rings. The van der Waals surface area contributed by atoms with Gasteiger partial charge in [0.05, 0.1) is 5.92 Å². The molecule has 0 amide bonds. The summed E-state index contributed by atoms with van der Waals surface area (Å²) in [5, 5.41) is -0.0422. The van der Waals surface area contributed by atoms with Crippen molar-refractivity contribution in [3.05, 3.63) is 34.9 Å². The Bertz CT molecular complexity index is 344. The predicted molar refractivity (Wildman–Crippen MR) is 62.9 cm³/mol. The van der Waals surface area contributed by atoms with Gasteiger partial charge in [0, 0.05) is 0 Å². The molecule has 0 radical (unpaired) electrons. The predicted octanol–water partition coefficient (Wildman–Crippen LogP) is 3.25. The van der Waals surface area contributed by atoms with Crippen LogP contribution < -0.4 is 0 Å². The van der Waals surface area contributed by atoms with Crippen molar-refractivity contribution in [2.45, 2.75) is 33.1 Å². The molecule has 1 aromatic rings. The molecular formula is C12H16OS. The standard InChI is InChI=1S/C12H16OS/c1-4-10(12(13)14)11-6-5-8(2)7-9(11)3/h5-7,10H,4H2,1-3H3,(H,13,14). The Hall–Kier alpha value is -0.760. The van der Waals surface area contributed by atoms with E-state index in [9.17, 15) is 4.79 Å².